The van der Waals surface area contributed by atoms with Crippen LogP contribution < -0.4 is 0 Å². The highest BCUT2D eigenvalue weighted by molar-refractivity contribution is 7.89. The van der Waals surface area contributed by atoms with Gasteiger partial charge in [0.15, 0.2) is 0 Å². The molecule has 33 heavy (non-hydrogen) atoms. The highest BCUT2D eigenvalue weighted by atomic mass is 32.2. The van der Waals surface area contributed by atoms with E-state index in [0.717, 1.165) is 5.52 Å². The number of carbonyl (C=O) groups excluding carboxylic acids is 1. The van der Waals surface area contributed by atoms with Crippen LogP contribution in [0.1, 0.15) is 23.8 Å². The summed E-state index contributed by atoms with van der Waals surface area (Å²) in [4.78, 5) is 19.5. The number of amides is 1. The summed E-state index contributed by atoms with van der Waals surface area (Å²) in [6.07, 6.45) is 3.80. The molecular formula is C23H26N4O5S. The van der Waals surface area contributed by atoms with Crippen LogP contribution in [-0.2, 0) is 41.4 Å². The minimum Gasteiger partial charge on any atom is -0.467 e. The lowest BCUT2D eigenvalue weighted by Gasteiger charge is -2.20. The highest BCUT2D eigenvalue weighted by Gasteiger charge is 2.21. The minimum absolute atomic E-state index is 0.0641. The topological polar surface area (TPSA) is 102 Å². The summed E-state index contributed by atoms with van der Waals surface area (Å²) in [5.74, 6) is 2.01. The molecule has 0 atom stereocenters. The number of imidazole rings is 1. The van der Waals surface area contributed by atoms with Crippen molar-refractivity contribution >= 4 is 27.0 Å². The number of aromatic nitrogens is 2. The van der Waals surface area contributed by atoms with Crippen LogP contribution in [0.25, 0.3) is 11.0 Å². The van der Waals surface area contributed by atoms with Crippen molar-refractivity contribution in [3.8, 4) is 0 Å². The van der Waals surface area contributed by atoms with Gasteiger partial charge in [0.2, 0.25) is 15.9 Å². The highest BCUT2D eigenvalue weighted by Crippen LogP contribution is 2.22. The van der Waals surface area contributed by atoms with Gasteiger partial charge in [-0.2, -0.15) is 0 Å². The molecule has 174 valence electrons. The first kappa shape index (κ1) is 22.8. The lowest BCUT2D eigenvalue weighted by atomic mass is 10.2. The third-order valence-electron chi connectivity index (χ3n) is 5.49. The van der Waals surface area contributed by atoms with E-state index in [1.807, 2.05) is 23.7 Å². The number of furan rings is 2. The molecule has 1 amide bonds. The molecule has 0 unspecified atom stereocenters. The summed E-state index contributed by atoms with van der Waals surface area (Å²) < 4.78 is 38.8. The Morgan fingerprint density at radius 2 is 1.67 bits per heavy atom. The molecule has 0 aliphatic heterocycles. The van der Waals surface area contributed by atoms with Crippen LogP contribution in [0.3, 0.4) is 0 Å². The van der Waals surface area contributed by atoms with E-state index in [1.54, 1.807) is 47.8 Å². The zero-order chi connectivity index (χ0) is 23.6. The Morgan fingerprint density at radius 3 is 2.21 bits per heavy atom. The number of nitrogens with zero attached hydrogens (tertiary/aromatic N) is 4. The zero-order valence-electron chi connectivity index (χ0n) is 18.8. The molecular weight excluding hydrogens is 444 g/mol. The van der Waals surface area contributed by atoms with E-state index in [2.05, 4.69) is 4.98 Å². The van der Waals surface area contributed by atoms with Crippen molar-refractivity contribution in [1.29, 1.82) is 0 Å². The molecule has 0 N–H and O–H groups in total. The Kier molecular flexibility index (Phi) is 6.39. The number of fused-ring (bicyclic) bond motifs is 1. The maximum Gasteiger partial charge on any atom is 0.242 e. The largest absolute Gasteiger partial charge is 0.467 e. The van der Waals surface area contributed by atoms with Gasteiger partial charge in [-0.15, -0.1) is 0 Å². The van der Waals surface area contributed by atoms with Crippen LogP contribution in [0.5, 0.6) is 0 Å². The smallest absolute Gasteiger partial charge is 0.242 e. The van der Waals surface area contributed by atoms with Crippen molar-refractivity contribution in [2.45, 2.75) is 30.8 Å². The molecule has 0 aliphatic rings. The van der Waals surface area contributed by atoms with E-state index in [-0.39, 0.29) is 17.2 Å². The molecule has 4 rings (SSSR count). The van der Waals surface area contributed by atoms with Crippen molar-refractivity contribution in [3.05, 3.63) is 72.3 Å². The Labute approximate surface area is 192 Å². The normalized spacial score (nSPS) is 12.0. The van der Waals surface area contributed by atoms with Gasteiger partial charge in [-0.05, 0) is 42.5 Å². The maximum absolute atomic E-state index is 13.1. The molecule has 0 saturated carbocycles. The van der Waals surface area contributed by atoms with Crippen LogP contribution in [0, 0.1) is 0 Å². The number of rotatable bonds is 9. The maximum atomic E-state index is 13.1. The van der Waals surface area contributed by atoms with E-state index in [9.17, 15) is 13.2 Å². The molecule has 0 radical (unpaired) electrons. The number of benzene rings is 1. The second-order valence-electron chi connectivity index (χ2n) is 7.93. The predicted octanol–water partition coefficient (Wildman–Crippen LogP) is 3.17. The van der Waals surface area contributed by atoms with Crippen LogP contribution in [-0.4, -0.2) is 47.2 Å². The Bertz CT molecular complexity index is 1300. The molecule has 4 aromatic rings. The summed E-state index contributed by atoms with van der Waals surface area (Å²) in [6, 6.07) is 12.1. The van der Waals surface area contributed by atoms with E-state index in [1.165, 1.54) is 18.4 Å². The van der Waals surface area contributed by atoms with Crippen LogP contribution in [0.15, 0.2) is 68.7 Å². The first-order chi connectivity index (χ1) is 15.8. The third-order valence-corrected chi connectivity index (χ3v) is 7.30. The van der Waals surface area contributed by atoms with Gasteiger partial charge in [0.1, 0.15) is 17.3 Å². The van der Waals surface area contributed by atoms with Crippen molar-refractivity contribution < 1.29 is 22.0 Å². The Morgan fingerprint density at radius 1 is 1.03 bits per heavy atom. The summed E-state index contributed by atoms with van der Waals surface area (Å²) >= 11 is 0. The molecule has 1 aromatic carbocycles. The average Bonchev–Trinajstić information content (AvgIpc) is 3.54. The number of carbonyl (C=O) groups is 1. The first-order valence-corrected chi connectivity index (χ1v) is 11.9. The molecule has 10 heteroatoms. The summed E-state index contributed by atoms with van der Waals surface area (Å²) in [5.41, 5.74) is 1.38. The van der Waals surface area contributed by atoms with Gasteiger partial charge in [-0.25, -0.2) is 17.7 Å². The van der Waals surface area contributed by atoms with Crippen molar-refractivity contribution in [2.75, 3.05) is 14.1 Å². The van der Waals surface area contributed by atoms with Gasteiger partial charge in [0.05, 0.1) is 41.5 Å². The number of aryl methyl sites for hydroxylation is 2. The molecule has 3 heterocycles. The molecule has 0 saturated heterocycles. The summed E-state index contributed by atoms with van der Waals surface area (Å²) in [7, 11) is 1.29. The number of sulfonamides is 1. The second-order valence-corrected chi connectivity index (χ2v) is 10.1. The van der Waals surface area contributed by atoms with E-state index in [4.69, 9.17) is 8.83 Å². The minimum atomic E-state index is -3.55. The fourth-order valence-corrected chi connectivity index (χ4v) is 4.54. The fourth-order valence-electron chi connectivity index (χ4n) is 3.61. The van der Waals surface area contributed by atoms with E-state index in [0.29, 0.717) is 42.4 Å². The standard InChI is InChI=1S/C23H26N4O5S/c1-25(2)33(29,30)19-8-9-21-20(14-19)24-22(26(21)3)10-11-23(28)27(15-17-6-4-12-31-17)16-18-7-5-13-32-18/h4-9,12-14H,10-11,15-16H2,1-3H3. The molecule has 0 fully saturated rings. The Balaban J connectivity index is 1.52. The second kappa shape index (κ2) is 9.24. The predicted molar refractivity (Wildman–Crippen MR) is 122 cm³/mol. The molecule has 3 aromatic heterocycles. The summed E-state index contributed by atoms with van der Waals surface area (Å²) in [6.45, 7) is 0.668. The van der Waals surface area contributed by atoms with Crippen molar-refractivity contribution in [2.24, 2.45) is 7.05 Å². The lowest BCUT2D eigenvalue weighted by Crippen LogP contribution is -2.30. The molecule has 9 nitrogen and oxygen atoms in total. The monoisotopic (exact) mass is 470 g/mol. The molecule has 0 spiro atoms. The Hall–Kier alpha value is -3.37. The van der Waals surface area contributed by atoms with Crippen LogP contribution in [0.2, 0.25) is 0 Å². The molecule has 0 bridgehead atoms. The molecule has 0 aliphatic carbocycles. The fraction of sp³-hybridized carbons (Fsp3) is 0.304. The first-order valence-electron chi connectivity index (χ1n) is 10.5. The number of hydrogen-bond donors (Lipinski definition) is 0. The van der Waals surface area contributed by atoms with Gasteiger partial charge in [0.25, 0.3) is 0 Å². The van der Waals surface area contributed by atoms with Gasteiger partial charge in [-0.1, -0.05) is 0 Å². The van der Waals surface area contributed by atoms with Crippen LogP contribution >= 0.6 is 0 Å². The van der Waals surface area contributed by atoms with Crippen molar-refractivity contribution in [1.82, 2.24) is 18.8 Å². The van der Waals surface area contributed by atoms with Gasteiger partial charge in [0, 0.05) is 34.0 Å². The van der Waals surface area contributed by atoms with Gasteiger partial charge in [-0.3, -0.25) is 4.79 Å². The SMILES string of the molecule is CN(C)S(=O)(=O)c1ccc2c(c1)nc(CCC(=O)N(Cc1ccco1)Cc1ccco1)n2C. The number of hydrogen-bond acceptors (Lipinski definition) is 6. The van der Waals surface area contributed by atoms with Crippen LogP contribution in [0.4, 0.5) is 0 Å². The summed E-state index contributed by atoms with van der Waals surface area (Å²) in [5, 5.41) is 0. The quantitative estimate of drug-likeness (QED) is 0.372. The average molecular weight is 471 g/mol. The van der Waals surface area contributed by atoms with Gasteiger partial charge < -0.3 is 18.3 Å². The lowest BCUT2D eigenvalue weighted by molar-refractivity contribution is -0.133. The van der Waals surface area contributed by atoms with E-state index < -0.39 is 10.0 Å². The third kappa shape index (κ3) is 4.86. The zero-order valence-corrected chi connectivity index (χ0v) is 19.6. The van der Waals surface area contributed by atoms with Crippen molar-refractivity contribution in [3.63, 3.8) is 0 Å². The van der Waals surface area contributed by atoms with Gasteiger partial charge >= 0.3 is 0 Å². The van der Waals surface area contributed by atoms with E-state index >= 15 is 0 Å².